The van der Waals surface area contributed by atoms with Crippen molar-refractivity contribution in [3.05, 3.63) is 69.8 Å². The number of hydrogen-bond donors (Lipinski definition) is 1. The van der Waals surface area contributed by atoms with Gasteiger partial charge in [-0.15, -0.1) is 0 Å². The number of hydrogen-bond acceptors (Lipinski definition) is 5. The van der Waals surface area contributed by atoms with Crippen molar-refractivity contribution in [3.63, 3.8) is 0 Å². The Morgan fingerprint density at radius 1 is 1.16 bits per heavy atom. The molecule has 0 bridgehead atoms. The van der Waals surface area contributed by atoms with Gasteiger partial charge in [0.25, 0.3) is 11.7 Å². The molecule has 164 valence electrons. The highest BCUT2D eigenvalue weighted by molar-refractivity contribution is 6.46. The first kappa shape index (κ1) is 22.8. The van der Waals surface area contributed by atoms with Crippen molar-refractivity contribution in [1.82, 2.24) is 9.80 Å². The number of halogens is 1. The minimum atomic E-state index is -0.702. The van der Waals surface area contributed by atoms with E-state index in [4.69, 9.17) is 16.3 Å². The summed E-state index contributed by atoms with van der Waals surface area (Å²) < 4.78 is 5.44. The van der Waals surface area contributed by atoms with E-state index in [0.717, 1.165) is 11.1 Å². The number of ether oxygens (including phenoxy) is 1. The second kappa shape index (κ2) is 9.54. The van der Waals surface area contributed by atoms with Crippen LogP contribution in [0.4, 0.5) is 0 Å². The Balaban J connectivity index is 2.12. The van der Waals surface area contributed by atoms with Gasteiger partial charge in [-0.05, 0) is 51.7 Å². The van der Waals surface area contributed by atoms with Crippen LogP contribution in [0.1, 0.15) is 29.7 Å². The SMILES string of the molecule is CCOc1ccc(/C(O)=C2\C(=O)C(=O)N(CCN(C)C)[C@@H]2c2ccc(C)cc2)cc1Cl. The predicted octanol–water partition coefficient (Wildman–Crippen LogP) is 4.03. The third kappa shape index (κ3) is 4.75. The molecule has 1 aliphatic heterocycles. The second-order valence-electron chi connectivity index (χ2n) is 7.78. The molecule has 2 aromatic rings. The van der Waals surface area contributed by atoms with Crippen molar-refractivity contribution in [2.24, 2.45) is 0 Å². The number of carbonyl (C=O) groups excluding carboxylic acids is 2. The summed E-state index contributed by atoms with van der Waals surface area (Å²) in [7, 11) is 3.80. The summed E-state index contributed by atoms with van der Waals surface area (Å²) >= 11 is 6.28. The van der Waals surface area contributed by atoms with Crippen molar-refractivity contribution in [1.29, 1.82) is 0 Å². The number of aryl methyl sites for hydroxylation is 1. The zero-order valence-corrected chi connectivity index (χ0v) is 18.9. The summed E-state index contributed by atoms with van der Waals surface area (Å²) in [6.07, 6.45) is 0. The Bertz CT molecular complexity index is 1010. The molecule has 0 aliphatic carbocycles. The predicted molar refractivity (Wildman–Crippen MR) is 121 cm³/mol. The number of aliphatic hydroxyl groups is 1. The second-order valence-corrected chi connectivity index (χ2v) is 8.19. The lowest BCUT2D eigenvalue weighted by Gasteiger charge is -2.26. The van der Waals surface area contributed by atoms with Crippen LogP contribution in [0.2, 0.25) is 5.02 Å². The van der Waals surface area contributed by atoms with Gasteiger partial charge in [0.05, 0.1) is 23.2 Å². The molecule has 7 heteroatoms. The number of rotatable bonds is 7. The molecule has 6 nitrogen and oxygen atoms in total. The van der Waals surface area contributed by atoms with Gasteiger partial charge in [0.1, 0.15) is 11.5 Å². The number of carbonyl (C=O) groups is 2. The maximum absolute atomic E-state index is 13.0. The van der Waals surface area contributed by atoms with Crippen LogP contribution in [-0.4, -0.2) is 60.4 Å². The summed E-state index contributed by atoms with van der Waals surface area (Å²) in [5.41, 5.74) is 2.25. The number of aliphatic hydroxyl groups excluding tert-OH is 1. The van der Waals surface area contributed by atoms with Crippen LogP contribution in [0, 0.1) is 6.92 Å². The molecule has 1 atom stereocenters. The highest BCUT2D eigenvalue weighted by Crippen LogP contribution is 2.40. The number of benzene rings is 2. The van der Waals surface area contributed by atoms with E-state index in [1.54, 1.807) is 18.2 Å². The zero-order valence-electron chi connectivity index (χ0n) is 18.2. The van der Waals surface area contributed by atoms with Gasteiger partial charge in [-0.1, -0.05) is 41.4 Å². The van der Waals surface area contributed by atoms with Crippen LogP contribution in [0.5, 0.6) is 5.75 Å². The zero-order chi connectivity index (χ0) is 22.7. The van der Waals surface area contributed by atoms with E-state index in [2.05, 4.69) is 0 Å². The Labute approximate surface area is 187 Å². The molecule has 0 unspecified atom stereocenters. The van der Waals surface area contributed by atoms with Crippen LogP contribution in [-0.2, 0) is 9.59 Å². The number of amides is 1. The van der Waals surface area contributed by atoms with Gasteiger partial charge in [0.2, 0.25) is 0 Å². The van der Waals surface area contributed by atoms with Crippen molar-refractivity contribution in [2.75, 3.05) is 33.8 Å². The summed E-state index contributed by atoms with van der Waals surface area (Å²) in [4.78, 5) is 29.4. The first-order chi connectivity index (χ1) is 14.7. The lowest BCUT2D eigenvalue weighted by molar-refractivity contribution is -0.140. The molecule has 0 radical (unpaired) electrons. The maximum atomic E-state index is 13.0. The van der Waals surface area contributed by atoms with E-state index in [0.29, 0.717) is 36.0 Å². The molecule has 0 saturated carbocycles. The van der Waals surface area contributed by atoms with Crippen LogP contribution in [0.3, 0.4) is 0 Å². The molecule has 1 aliphatic rings. The Morgan fingerprint density at radius 2 is 1.84 bits per heavy atom. The maximum Gasteiger partial charge on any atom is 0.295 e. The molecule has 2 aromatic carbocycles. The van der Waals surface area contributed by atoms with E-state index < -0.39 is 17.7 Å². The van der Waals surface area contributed by atoms with Gasteiger partial charge in [0.15, 0.2) is 0 Å². The number of nitrogens with zero attached hydrogens (tertiary/aromatic N) is 2. The van der Waals surface area contributed by atoms with Crippen LogP contribution < -0.4 is 4.74 Å². The average Bonchev–Trinajstić information content (AvgIpc) is 2.98. The summed E-state index contributed by atoms with van der Waals surface area (Å²) in [6.45, 7) is 5.21. The fourth-order valence-corrected chi connectivity index (χ4v) is 3.82. The highest BCUT2D eigenvalue weighted by Gasteiger charge is 2.45. The monoisotopic (exact) mass is 442 g/mol. The van der Waals surface area contributed by atoms with Gasteiger partial charge < -0.3 is 19.6 Å². The van der Waals surface area contributed by atoms with Gasteiger partial charge in [-0.3, -0.25) is 9.59 Å². The van der Waals surface area contributed by atoms with Crippen molar-refractivity contribution < 1.29 is 19.4 Å². The quantitative estimate of drug-likeness (QED) is 0.398. The van der Waals surface area contributed by atoms with E-state index in [1.165, 1.54) is 4.90 Å². The van der Waals surface area contributed by atoms with Crippen molar-refractivity contribution in [2.45, 2.75) is 19.9 Å². The molecule has 0 spiro atoms. The number of likely N-dealkylation sites (N-methyl/N-ethyl adjacent to an activating group) is 1. The fraction of sp³-hybridized carbons (Fsp3) is 0.333. The lowest BCUT2D eigenvalue weighted by atomic mass is 9.94. The van der Waals surface area contributed by atoms with Gasteiger partial charge in [-0.25, -0.2) is 0 Å². The fourth-order valence-electron chi connectivity index (χ4n) is 3.59. The average molecular weight is 443 g/mol. The third-order valence-electron chi connectivity index (χ3n) is 5.23. The first-order valence-electron chi connectivity index (χ1n) is 10.2. The topological polar surface area (TPSA) is 70.1 Å². The Kier molecular flexibility index (Phi) is 7.03. The minimum Gasteiger partial charge on any atom is -0.507 e. The molecule has 3 rings (SSSR count). The van der Waals surface area contributed by atoms with Gasteiger partial charge in [0, 0.05) is 18.7 Å². The van der Waals surface area contributed by atoms with E-state index in [1.807, 2.05) is 57.1 Å². The Morgan fingerprint density at radius 3 is 2.42 bits per heavy atom. The third-order valence-corrected chi connectivity index (χ3v) is 5.52. The summed E-state index contributed by atoms with van der Waals surface area (Å²) in [5.74, 6) is -1.08. The molecule has 31 heavy (non-hydrogen) atoms. The van der Waals surface area contributed by atoms with Gasteiger partial charge in [-0.2, -0.15) is 0 Å². The lowest BCUT2D eigenvalue weighted by Crippen LogP contribution is -2.35. The normalized spacial score (nSPS) is 18.1. The summed E-state index contributed by atoms with van der Waals surface area (Å²) in [6, 6.07) is 11.8. The summed E-state index contributed by atoms with van der Waals surface area (Å²) in [5, 5.41) is 11.4. The largest absolute Gasteiger partial charge is 0.507 e. The number of ketones is 1. The highest BCUT2D eigenvalue weighted by atomic mass is 35.5. The van der Waals surface area contributed by atoms with E-state index >= 15 is 0 Å². The molecular formula is C24H27ClN2O4. The Hall–Kier alpha value is -2.83. The smallest absolute Gasteiger partial charge is 0.295 e. The molecule has 0 aromatic heterocycles. The molecule has 1 heterocycles. The standard InChI is InChI=1S/C24H27ClN2O4/c1-5-31-19-11-10-17(14-18(19)25)22(28)20-21(16-8-6-15(2)7-9-16)27(13-12-26(3)4)24(30)23(20)29/h6-11,14,21,28H,5,12-13H2,1-4H3/b22-20+/t21-/m1/s1. The van der Waals surface area contributed by atoms with Gasteiger partial charge >= 0.3 is 0 Å². The molecular weight excluding hydrogens is 416 g/mol. The van der Waals surface area contributed by atoms with Crippen molar-refractivity contribution in [3.8, 4) is 5.75 Å². The van der Waals surface area contributed by atoms with Crippen LogP contribution in [0.15, 0.2) is 48.0 Å². The molecule has 1 saturated heterocycles. The van der Waals surface area contributed by atoms with E-state index in [-0.39, 0.29) is 11.3 Å². The first-order valence-corrected chi connectivity index (χ1v) is 10.5. The number of likely N-dealkylation sites (tertiary alicyclic amines) is 1. The van der Waals surface area contributed by atoms with Crippen molar-refractivity contribution >= 4 is 29.1 Å². The van der Waals surface area contributed by atoms with Crippen LogP contribution >= 0.6 is 11.6 Å². The number of Topliss-reactive ketones (excluding diaryl/α,β-unsaturated/α-hetero) is 1. The molecule has 1 fully saturated rings. The van der Waals surface area contributed by atoms with E-state index in [9.17, 15) is 14.7 Å². The minimum absolute atomic E-state index is 0.0628. The van der Waals surface area contributed by atoms with Crippen LogP contribution in [0.25, 0.3) is 5.76 Å². The molecule has 1 N–H and O–H groups in total. The molecule has 1 amide bonds.